The summed E-state index contributed by atoms with van der Waals surface area (Å²) in [5.41, 5.74) is 4.07. The van der Waals surface area contributed by atoms with Crippen LogP contribution in [-0.2, 0) is 42.1 Å². The third-order valence-electron chi connectivity index (χ3n) is 6.47. The molecule has 2 aromatic rings. The molecule has 31 heavy (non-hydrogen) atoms. The molecule has 1 atom stereocenters. The summed E-state index contributed by atoms with van der Waals surface area (Å²) >= 11 is 0. The molecule has 5 rings (SSSR count). The highest BCUT2D eigenvalue weighted by molar-refractivity contribution is 5.38. The van der Waals surface area contributed by atoms with E-state index in [0.29, 0.717) is 32.4 Å². The van der Waals surface area contributed by atoms with Crippen LogP contribution in [0.25, 0.3) is 0 Å². The van der Waals surface area contributed by atoms with Crippen LogP contribution >= 0.6 is 0 Å². The number of nitrogens with zero attached hydrogens (tertiary/aromatic N) is 5. The lowest BCUT2D eigenvalue weighted by atomic mass is 10.0. The summed E-state index contributed by atoms with van der Waals surface area (Å²) in [6.07, 6.45) is 5.17. The molecule has 166 valence electrons. The SMILES string of the molecule is O=c1cc2c(nn1CCN1CCCCC1CNc1cc3c(nn1)CCOC3)CCOC2. The molecule has 0 aromatic carbocycles. The molecule has 0 spiro atoms. The van der Waals surface area contributed by atoms with Crippen molar-refractivity contribution >= 4 is 5.82 Å². The summed E-state index contributed by atoms with van der Waals surface area (Å²) in [7, 11) is 0. The Morgan fingerprint density at radius 3 is 2.68 bits per heavy atom. The predicted molar refractivity (Wildman–Crippen MR) is 115 cm³/mol. The van der Waals surface area contributed by atoms with E-state index in [-0.39, 0.29) is 5.56 Å². The van der Waals surface area contributed by atoms with Gasteiger partial charge in [0.15, 0.2) is 0 Å². The van der Waals surface area contributed by atoms with Crippen molar-refractivity contribution in [2.45, 2.75) is 57.9 Å². The number of fused-ring (bicyclic) bond motifs is 2. The molecule has 9 heteroatoms. The van der Waals surface area contributed by atoms with Crippen LogP contribution in [0.4, 0.5) is 5.82 Å². The van der Waals surface area contributed by atoms with Crippen LogP contribution in [0.2, 0.25) is 0 Å². The molecule has 2 aromatic heterocycles. The highest BCUT2D eigenvalue weighted by Gasteiger charge is 2.23. The molecule has 5 heterocycles. The number of nitrogens with one attached hydrogen (secondary N) is 1. The second-order valence-corrected chi connectivity index (χ2v) is 8.55. The average Bonchev–Trinajstić information content (AvgIpc) is 2.82. The van der Waals surface area contributed by atoms with Crippen molar-refractivity contribution in [2.24, 2.45) is 0 Å². The molecule has 0 amide bonds. The highest BCUT2D eigenvalue weighted by Crippen LogP contribution is 2.20. The third kappa shape index (κ3) is 4.78. The lowest BCUT2D eigenvalue weighted by Gasteiger charge is -2.36. The monoisotopic (exact) mass is 426 g/mol. The van der Waals surface area contributed by atoms with Gasteiger partial charge in [-0.1, -0.05) is 6.42 Å². The van der Waals surface area contributed by atoms with E-state index in [1.54, 1.807) is 10.7 Å². The molecule has 0 radical (unpaired) electrons. The van der Waals surface area contributed by atoms with Gasteiger partial charge in [-0.05, 0) is 25.5 Å². The normalized spacial score (nSPS) is 21.4. The fraction of sp³-hybridized carbons (Fsp3) is 0.636. The van der Waals surface area contributed by atoms with E-state index >= 15 is 0 Å². The van der Waals surface area contributed by atoms with E-state index in [1.165, 1.54) is 12.8 Å². The first kappa shape index (κ1) is 20.5. The summed E-state index contributed by atoms with van der Waals surface area (Å²) in [6.45, 7) is 5.80. The first-order valence-corrected chi connectivity index (χ1v) is 11.3. The molecule has 1 fully saturated rings. The van der Waals surface area contributed by atoms with Crippen LogP contribution in [0.5, 0.6) is 0 Å². The summed E-state index contributed by atoms with van der Waals surface area (Å²) in [4.78, 5) is 14.9. The zero-order valence-electron chi connectivity index (χ0n) is 17.9. The first-order chi connectivity index (χ1) is 15.3. The van der Waals surface area contributed by atoms with E-state index in [0.717, 1.165) is 73.8 Å². The zero-order valence-corrected chi connectivity index (χ0v) is 17.9. The largest absolute Gasteiger partial charge is 0.376 e. The Balaban J connectivity index is 1.20. The number of rotatable bonds is 6. The minimum absolute atomic E-state index is 0.0394. The van der Waals surface area contributed by atoms with Crippen LogP contribution in [0.1, 0.15) is 41.8 Å². The topological polar surface area (TPSA) is 94.4 Å². The molecule has 0 aliphatic carbocycles. The van der Waals surface area contributed by atoms with Gasteiger partial charge in [-0.2, -0.15) is 10.2 Å². The Morgan fingerprint density at radius 1 is 1.00 bits per heavy atom. The molecular weight excluding hydrogens is 396 g/mol. The van der Waals surface area contributed by atoms with Crippen molar-refractivity contribution in [1.29, 1.82) is 0 Å². The predicted octanol–water partition coefficient (Wildman–Crippen LogP) is 1.15. The first-order valence-electron chi connectivity index (χ1n) is 11.3. The van der Waals surface area contributed by atoms with Crippen molar-refractivity contribution in [3.63, 3.8) is 0 Å². The van der Waals surface area contributed by atoms with Gasteiger partial charge in [-0.25, -0.2) is 4.68 Å². The van der Waals surface area contributed by atoms with Crippen molar-refractivity contribution < 1.29 is 9.47 Å². The number of likely N-dealkylation sites (tertiary alicyclic amines) is 1. The Labute approximate surface area is 181 Å². The van der Waals surface area contributed by atoms with Crippen molar-refractivity contribution in [3.05, 3.63) is 45.0 Å². The minimum atomic E-state index is -0.0394. The van der Waals surface area contributed by atoms with Crippen molar-refractivity contribution in [2.75, 3.05) is 38.2 Å². The fourth-order valence-corrected chi connectivity index (χ4v) is 4.67. The van der Waals surface area contributed by atoms with Crippen LogP contribution in [0.3, 0.4) is 0 Å². The lowest BCUT2D eigenvalue weighted by molar-refractivity contribution is 0.107. The van der Waals surface area contributed by atoms with Crippen molar-refractivity contribution in [3.8, 4) is 0 Å². The minimum Gasteiger partial charge on any atom is -0.376 e. The Morgan fingerprint density at radius 2 is 1.81 bits per heavy atom. The molecule has 9 nitrogen and oxygen atoms in total. The second kappa shape index (κ2) is 9.42. The van der Waals surface area contributed by atoms with Crippen LogP contribution < -0.4 is 10.9 Å². The van der Waals surface area contributed by atoms with E-state index in [2.05, 4.69) is 31.6 Å². The van der Waals surface area contributed by atoms with Gasteiger partial charge < -0.3 is 14.8 Å². The molecule has 1 saturated heterocycles. The molecule has 3 aliphatic heterocycles. The second-order valence-electron chi connectivity index (χ2n) is 8.55. The maximum atomic E-state index is 12.5. The Hall–Kier alpha value is -2.36. The quantitative estimate of drug-likeness (QED) is 0.735. The number of piperidine rings is 1. The van der Waals surface area contributed by atoms with Gasteiger partial charge in [0.25, 0.3) is 5.56 Å². The smallest absolute Gasteiger partial charge is 0.267 e. The van der Waals surface area contributed by atoms with Gasteiger partial charge in [0.2, 0.25) is 0 Å². The third-order valence-corrected chi connectivity index (χ3v) is 6.47. The maximum absolute atomic E-state index is 12.5. The number of anilines is 1. The molecular formula is C22H30N6O3. The molecule has 3 aliphatic rings. The van der Waals surface area contributed by atoms with Gasteiger partial charge >= 0.3 is 0 Å². The van der Waals surface area contributed by atoms with Crippen LogP contribution in [0.15, 0.2) is 16.9 Å². The lowest BCUT2D eigenvalue weighted by Crippen LogP contribution is -2.46. The highest BCUT2D eigenvalue weighted by atomic mass is 16.5. The summed E-state index contributed by atoms with van der Waals surface area (Å²) in [5.74, 6) is 0.810. The van der Waals surface area contributed by atoms with E-state index in [1.807, 2.05) is 0 Å². The molecule has 1 N–H and O–H groups in total. The average molecular weight is 427 g/mol. The fourth-order valence-electron chi connectivity index (χ4n) is 4.67. The Kier molecular flexibility index (Phi) is 6.24. The van der Waals surface area contributed by atoms with Gasteiger partial charge in [-0.15, -0.1) is 5.10 Å². The van der Waals surface area contributed by atoms with Gasteiger partial charge in [0, 0.05) is 49.2 Å². The number of hydrogen-bond acceptors (Lipinski definition) is 8. The van der Waals surface area contributed by atoms with Gasteiger partial charge in [0.05, 0.1) is 44.4 Å². The van der Waals surface area contributed by atoms with Gasteiger partial charge in [0.1, 0.15) is 5.82 Å². The molecule has 1 unspecified atom stereocenters. The maximum Gasteiger partial charge on any atom is 0.267 e. The molecule has 0 bridgehead atoms. The van der Waals surface area contributed by atoms with E-state index in [4.69, 9.17) is 9.47 Å². The number of hydrogen-bond donors (Lipinski definition) is 1. The van der Waals surface area contributed by atoms with E-state index < -0.39 is 0 Å². The van der Waals surface area contributed by atoms with Crippen LogP contribution in [-0.4, -0.2) is 63.8 Å². The molecule has 0 saturated carbocycles. The Bertz CT molecular complexity index is 978. The van der Waals surface area contributed by atoms with E-state index in [9.17, 15) is 4.79 Å². The van der Waals surface area contributed by atoms with Crippen molar-refractivity contribution in [1.82, 2.24) is 24.9 Å². The van der Waals surface area contributed by atoms with Crippen LogP contribution in [0, 0.1) is 0 Å². The standard InChI is InChI=1S/C22H30N6O3/c29-22-12-17-15-31-10-5-20(17)26-28(22)8-7-27-6-2-1-3-18(27)13-23-21-11-16-14-30-9-4-19(16)24-25-21/h11-12,18H,1-10,13-15H2,(H,23,25). The summed E-state index contributed by atoms with van der Waals surface area (Å²) < 4.78 is 12.6. The summed E-state index contributed by atoms with van der Waals surface area (Å²) in [5, 5.41) is 16.8. The zero-order chi connectivity index (χ0) is 21.0. The summed E-state index contributed by atoms with van der Waals surface area (Å²) in [6, 6.07) is 4.16. The number of aromatic nitrogens is 4. The number of ether oxygens (including phenoxy) is 2. The van der Waals surface area contributed by atoms with Gasteiger partial charge in [-0.3, -0.25) is 9.69 Å².